The van der Waals surface area contributed by atoms with Gasteiger partial charge in [0.05, 0.1) is 21.8 Å². The summed E-state index contributed by atoms with van der Waals surface area (Å²) in [7, 11) is 0. The Morgan fingerprint density at radius 2 is 2.00 bits per heavy atom. The van der Waals surface area contributed by atoms with E-state index in [2.05, 4.69) is 9.97 Å². The van der Waals surface area contributed by atoms with Crippen LogP contribution in [0, 0.1) is 0 Å². The van der Waals surface area contributed by atoms with Gasteiger partial charge in [-0.1, -0.05) is 29.3 Å². The van der Waals surface area contributed by atoms with Crippen LogP contribution >= 0.6 is 23.2 Å². The minimum atomic E-state index is -0.520. The molecule has 0 saturated heterocycles. The molecule has 0 spiro atoms. The molecule has 0 radical (unpaired) electrons. The molecule has 2 heterocycles. The zero-order valence-electron chi connectivity index (χ0n) is 8.77. The molecule has 1 unspecified atom stereocenters. The Morgan fingerprint density at radius 3 is 2.65 bits per heavy atom. The van der Waals surface area contributed by atoms with E-state index in [9.17, 15) is 0 Å². The standard InChI is InChI=1S/C11H10Cl2N4/c12-6-4-8(13)10(17-5-6)9(14)7-2-1-3-16-11(7)15/h1-5,9H,14H2,(H2,15,16). The van der Waals surface area contributed by atoms with E-state index < -0.39 is 6.04 Å². The van der Waals surface area contributed by atoms with Crippen LogP contribution in [0.1, 0.15) is 17.3 Å². The minimum Gasteiger partial charge on any atom is -0.383 e. The SMILES string of the molecule is Nc1ncccc1C(N)c1ncc(Cl)cc1Cl. The number of nitrogen functional groups attached to an aromatic ring is 1. The van der Waals surface area contributed by atoms with Gasteiger partial charge in [0.15, 0.2) is 0 Å². The summed E-state index contributed by atoms with van der Waals surface area (Å²) in [6.07, 6.45) is 3.09. The van der Waals surface area contributed by atoms with Crippen molar-refractivity contribution in [3.8, 4) is 0 Å². The van der Waals surface area contributed by atoms with Gasteiger partial charge in [0.2, 0.25) is 0 Å². The summed E-state index contributed by atoms with van der Waals surface area (Å²) in [6, 6.07) is 4.63. The second kappa shape index (κ2) is 4.87. The van der Waals surface area contributed by atoms with Gasteiger partial charge >= 0.3 is 0 Å². The molecule has 0 saturated carbocycles. The van der Waals surface area contributed by atoms with Gasteiger partial charge in [-0.15, -0.1) is 0 Å². The van der Waals surface area contributed by atoms with E-state index >= 15 is 0 Å². The molecule has 2 aromatic heterocycles. The lowest BCUT2D eigenvalue weighted by atomic mass is 10.1. The number of nitrogens with two attached hydrogens (primary N) is 2. The lowest BCUT2D eigenvalue weighted by Gasteiger charge is -2.14. The Morgan fingerprint density at radius 1 is 1.24 bits per heavy atom. The van der Waals surface area contributed by atoms with Crippen LogP contribution in [0.2, 0.25) is 10.0 Å². The van der Waals surface area contributed by atoms with E-state index in [1.54, 1.807) is 24.4 Å². The summed E-state index contributed by atoms with van der Waals surface area (Å²) in [6.45, 7) is 0. The first kappa shape index (κ1) is 12.1. The van der Waals surface area contributed by atoms with Crippen LogP contribution in [0.25, 0.3) is 0 Å². The monoisotopic (exact) mass is 268 g/mol. The van der Waals surface area contributed by atoms with Crippen molar-refractivity contribution in [2.75, 3.05) is 5.73 Å². The molecule has 6 heteroatoms. The van der Waals surface area contributed by atoms with Crippen LogP contribution in [-0.4, -0.2) is 9.97 Å². The summed E-state index contributed by atoms with van der Waals surface area (Å²) >= 11 is 11.8. The highest BCUT2D eigenvalue weighted by Gasteiger charge is 2.17. The predicted octanol–water partition coefficient (Wildman–Crippen LogP) is 2.41. The maximum atomic E-state index is 6.06. The third-order valence-corrected chi connectivity index (χ3v) is 2.85. The number of halogens is 2. The lowest BCUT2D eigenvalue weighted by Crippen LogP contribution is -2.16. The molecule has 0 aliphatic carbocycles. The van der Waals surface area contributed by atoms with Crippen LogP contribution in [0.15, 0.2) is 30.6 Å². The second-order valence-corrected chi connectivity index (χ2v) is 4.32. The molecule has 2 aromatic rings. The first-order valence-electron chi connectivity index (χ1n) is 4.86. The van der Waals surface area contributed by atoms with E-state index in [-0.39, 0.29) is 0 Å². The molecule has 0 amide bonds. The Balaban J connectivity index is 2.44. The van der Waals surface area contributed by atoms with Gasteiger partial charge in [0, 0.05) is 18.0 Å². The number of hydrogen-bond acceptors (Lipinski definition) is 4. The van der Waals surface area contributed by atoms with Crippen molar-refractivity contribution in [3.05, 3.63) is 51.9 Å². The third kappa shape index (κ3) is 2.49. The Labute approximate surface area is 109 Å². The largest absolute Gasteiger partial charge is 0.383 e. The molecular weight excluding hydrogens is 259 g/mol. The van der Waals surface area contributed by atoms with Crippen LogP contribution in [0.5, 0.6) is 0 Å². The molecule has 88 valence electrons. The van der Waals surface area contributed by atoms with Crippen molar-refractivity contribution < 1.29 is 0 Å². The Kier molecular flexibility index (Phi) is 3.47. The van der Waals surface area contributed by atoms with Crippen molar-refractivity contribution in [3.63, 3.8) is 0 Å². The molecule has 0 aliphatic rings. The van der Waals surface area contributed by atoms with Gasteiger partial charge in [-0.25, -0.2) is 4.98 Å². The third-order valence-electron chi connectivity index (χ3n) is 2.34. The molecular formula is C11H10Cl2N4. The Hall–Kier alpha value is -1.36. The highest BCUT2D eigenvalue weighted by molar-refractivity contribution is 6.34. The van der Waals surface area contributed by atoms with Crippen LogP contribution in [0.3, 0.4) is 0 Å². The van der Waals surface area contributed by atoms with Gasteiger partial charge in [-0.2, -0.15) is 0 Å². The van der Waals surface area contributed by atoms with E-state index in [1.807, 2.05) is 0 Å². The molecule has 0 aliphatic heterocycles. The van der Waals surface area contributed by atoms with E-state index in [0.717, 1.165) is 0 Å². The molecule has 2 rings (SSSR count). The summed E-state index contributed by atoms with van der Waals surface area (Å²) in [4.78, 5) is 8.10. The maximum Gasteiger partial charge on any atom is 0.128 e. The quantitative estimate of drug-likeness (QED) is 0.877. The van der Waals surface area contributed by atoms with Gasteiger partial charge in [0.25, 0.3) is 0 Å². The molecule has 0 aromatic carbocycles. The van der Waals surface area contributed by atoms with Crippen LogP contribution in [-0.2, 0) is 0 Å². The topological polar surface area (TPSA) is 77.8 Å². The van der Waals surface area contributed by atoms with Gasteiger partial charge in [-0.3, -0.25) is 4.98 Å². The maximum absolute atomic E-state index is 6.06. The minimum absolute atomic E-state index is 0.368. The summed E-state index contributed by atoms with van der Waals surface area (Å²) in [5.41, 5.74) is 13.0. The second-order valence-electron chi connectivity index (χ2n) is 3.48. The predicted molar refractivity (Wildman–Crippen MR) is 68.9 cm³/mol. The zero-order valence-corrected chi connectivity index (χ0v) is 10.3. The highest BCUT2D eigenvalue weighted by atomic mass is 35.5. The van der Waals surface area contributed by atoms with E-state index in [4.69, 9.17) is 34.7 Å². The number of anilines is 1. The zero-order chi connectivity index (χ0) is 12.4. The fraction of sp³-hybridized carbons (Fsp3) is 0.0909. The van der Waals surface area contributed by atoms with Crippen molar-refractivity contribution in [2.24, 2.45) is 5.73 Å². The Bertz CT molecular complexity index is 545. The average molecular weight is 269 g/mol. The number of pyridine rings is 2. The van der Waals surface area contributed by atoms with Gasteiger partial charge < -0.3 is 11.5 Å². The molecule has 17 heavy (non-hydrogen) atoms. The van der Waals surface area contributed by atoms with Gasteiger partial charge in [0.1, 0.15) is 5.82 Å². The number of rotatable bonds is 2. The average Bonchev–Trinajstić information content (AvgIpc) is 2.29. The fourth-order valence-electron chi connectivity index (χ4n) is 1.49. The molecule has 4 N–H and O–H groups in total. The van der Waals surface area contributed by atoms with E-state index in [0.29, 0.717) is 27.1 Å². The van der Waals surface area contributed by atoms with Gasteiger partial charge in [-0.05, 0) is 12.1 Å². The smallest absolute Gasteiger partial charge is 0.128 e. The van der Waals surface area contributed by atoms with Crippen LogP contribution in [0.4, 0.5) is 5.82 Å². The van der Waals surface area contributed by atoms with E-state index in [1.165, 1.54) is 6.20 Å². The number of hydrogen-bond donors (Lipinski definition) is 2. The van der Waals surface area contributed by atoms with Crippen molar-refractivity contribution >= 4 is 29.0 Å². The first-order chi connectivity index (χ1) is 8.09. The lowest BCUT2D eigenvalue weighted by molar-refractivity contribution is 0.827. The van der Waals surface area contributed by atoms with Crippen LogP contribution < -0.4 is 11.5 Å². The molecule has 0 fully saturated rings. The van der Waals surface area contributed by atoms with Crippen molar-refractivity contribution in [2.45, 2.75) is 6.04 Å². The normalized spacial score (nSPS) is 12.4. The summed E-state index contributed by atoms with van der Waals surface area (Å²) in [5.74, 6) is 0.368. The summed E-state index contributed by atoms with van der Waals surface area (Å²) in [5, 5.41) is 0.873. The van der Waals surface area contributed by atoms with Crippen molar-refractivity contribution in [1.82, 2.24) is 9.97 Å². The molecule has 4 nitrogen and oxygen atoms in total. The number of nitrogens with zero attached hydrogens (tertiary/aromatic N) is 2. The van der Waals surface area contributed by atoms with Crippen molar-refractivity contribution in [1.29, 1.82) is 0 Å². The number of aromatic nitrogens is 2. The molecule has 0 bridgehead atoms. The fourth-order valence-corrected chi connectivity index (χ4v) is 1.99. The first-order valence-corrected chi connectivity index (χ1v) is 5.62. The summed E-state index contributed by atoms with van der Waals surface area (Å²) < 4.78 is 0. The molecule has 1 atom stereocenters. The highest BCUT2D eigenvalue weighted by Crippen LogP contribution is 2.28.